The second-order valence-electron chi connectivity index (χ2n) is 5.06. The molecule has 0 atom stereocenters. The minimum atomic E-state index is -0.768. The van der Waals surface area contributed by atoms with Crippen molar-refractivity contribution in [3.63, 3.8) is 0 Å². The first kappa shape index (κ1) is 18.1. The summed E-state index contributed by atoms with van der Waals surface area (Å²) in [7, 11) is 0. The summed E-state index contributed by atoms with van der Waals surface area (Å²) in [4.78, 5) is 23.7. The Morgan fingerprint density at radius 1 is 1.21 bits per heavy atom. The summed E-state index contributed by atoms with van der Waals surface area (Å²) in [5.74, 6) is -1.41. The summed E-state index contributed by atoms with van der Waals surface area (Å²) >= 11 is 11.8. The van der Waals surface area contributed by atoms with Crippen molar-refractivity contribution < 1.29 is 19.4 Å². The maximum atomic E-state index is 11.9. The minimum Gasteiger partial charge on any atom is -0.507 e. The van der Waals surface area contributed by atoms with E-state index in [9.17, 15) is 14.7 Å². The molecule has 1 amide bonds. The van der Waals surface area contributed by atoms with Crippen molar-refractivity contribution in [1.82, 2.24) is 5.32 Å². The average Bonchev–Trinajstić information content (AvgIpc) is 2.54. The van der Waals surface area contributed by atoms with Gasteiger partial charge >= 0.3 is 5.97 Å². The number of para-hydroxylation sites is 1. The number of hydrogen-bond acceptors (Lipinski definition) is 4. The average molecular weight is 368 g/mol. The van der Waals surface area contributed by atoms with Crippen LogP contribution in [0.1, 0.15) is 21.5 Å². The Bertz CT molecular complexity index is 777. The monoisotopic (exact) mass is 367 g/mol. The molecular weight excluding hydrogens is 353 g/mol. The summed E-state index contributed by atoms with van der Waals surface area (Å²) in [5.41, 5.74) is 1.26. The number of esters is 1. The molecule has 2 rings (SSSR count). The van der Waals surface area contributed by atoms with Crippen LogP contribution in [0.2, 0.25) is 10.0 Å². The Hall–Kier alpha value is -2.24. The van der Waals surface area contributed by atoms with E-state index in [4.69, 9.17) is 27.9 Å². The van der Waals surface area contributed by atoms with Crippen LogP contribution in [0.15, 0.2) is 36.4 Å². The Balaban J connectivity index is 1.87. The highest BCUT2D eigenvalue weighted by atomic mass is 35.5. The number of phenolic OH excluding ortho intramolecular Hbond substituents is 1. The fourth-order valence-corrected chi connectivity index (χ4v) is 2.42. The predicted octanol–water partition coefficient (Wildman–Crippen LogP) is 3.48. The van der Waals surface area contributed by atoms with Crippen LogP contribution in [0.3, 0.4) is 0 Å². The van der Waals surface area contributed by atoms with E-state index < -0.39 is 18.5 Å². The van der Waals surface area contributed by atoms with Crippen molar-refractivity contribution in [3.05, 3.63) is 63.1 Å². The molecule has 2 aromatic carbocycles. The third-order valence-corrected chi connectivity index (χ3v) is 3.87. The summed E-state index contributed by atoms with van der Waals surface area (Å²) < 4.78 is 4.90. The number of aromatic hydroxyl groups is 1. The van der Waals surface area contributed by atoms with Crippen LogP contribution >= 0.6 is 23.2 Å². The lowest BCUT2D eigenvalue weighted by molar-refractivity contribution is -0.124. The number of benzene rings is 2. The van der Waals surface area contributed by atoms with Gasteiger partial charge in [0.05, 0.1) is 0 Å². The first-order chi connectivity index (χ1) is 11.4. The number of ether oxygens (including phenoxy) is 1. The lowest BCUT2D eigenvalue weighted by Crippen LogP contribution is -2.28. The molecular formula is C17H15Cl2NO4. The van der Waals surface area contributed by atoms with Gasteiger partial charge in [0.2, 0.25) is 0 Å². The Morgan fingerprint density at radius 2 is 1.96 bits per heavy atom. The molecule has 0 aliphatic carbocycles. The lowest BCUT2D eigenvalue weighted by Gasteiger charge is -2.09. The van der Waals surface area contributed by atoms with Gasteiger partial charge in [0.25, 0.3) is 5.91 Å². The Labute approximate surface area is 149 Å². The van der Waals surface area contributed by atoms with Gasteiger partial charge in [-0.1, -0.05) is 41.4 Å². The van der Waals surface area contributed by atoms with Crippen molar-refractivity contribution in [2.45, 2.75) is 13.5 Å². The third-order valence-electron chi connectivity index (χ3n) is 3.28. The maximum Gasteiger partial charge on any atom is 0.342 e. The first-order valence-electron chi connectivity index (χ1n) is 7.05. The number of aryl methyl sites for hydroxylation is 1. The zero-order valence-electron chi connectivity index (χ0n) is 12.8. The van der Waals surface area contributed by atoms with Gasteiger partial charge in [-0.15, -0.1) is 0 Å². The van der Waals surface area contributed by atoms with Gasteiger partial charge in [0, 0.05) is 16.6 Å². The molecule has 0 saturated carbocycles. The fourth-order valence-electron chi connectivity index (χ4n) is 1.94. The number of hydrogen-bond donors (Lipinski definition) is 2. The summed E-state index contributed by atoms with van der Waals surface area (Å²) in [6.45, 7) is 1.38. The molecule has 126 valence electrons. The zero-order valence-corrected chi connectivity index (χ0v) is 14.3. The minimum absolute atomic E-state index is 0.0172. The number of amides is 1. The van der Waals surface area contributed by atoms with Crippen LogP contribution in [0.25, 0.3) is 0 Å². The third kappa shape index (κ3) is 4.63. The Morgan fingerprint density at radius 3 is 2.67 bits per heavy atom. The molecule has 0 saturated heterocycles. The highest BCUT2D eigenvalue weighted by Gasteiger charge is 2.15. The van der Waals surface area contributed by atoms with Crippen molar-refractivity contribution in [3.8, 4) is 5.75 Å². The molecule has 0 unspecified atom stereocenters. The molecule has 0 bridgehead atoms. The molecule has 0 spiro atoms. The molecule has 2 aromatic rings. The van der Waals surface area contributed by atoms with Crippen LogP contribution in [0.5, 0.6) is 5.75 Å². The smallest absolute Gasteiger partial charge is 0.342 e. The van der Waals surface area contributed by atoms with E-state index in [0.717, 1.165) is 0 Å². The number of halogens is 2. The van der Waals surface area contributed by atoms with E-state index in [2.05, 4.69) is 5.32 Å². The topological polar surface area (TPSA) is 75.6 Å². The number of carbonyl (C=O) groups is 2. The lowest BCUT2D eigenvalue weighted by atomic mass is 10.1. The number of carbonyl (C=O) groups excluding carboxylic acids is 2. The van der Waals surface area contributed by atoms with Crippen LogP contribution in [0.4, 0.5) is 0 Å². The van der Waals surface area contributed by atoms with Gasteiger partial charge in [0.1, 0.15) is 11.3 Å². The van der Waals surface area contributed by atoms with E-state index in [1.165, 1.54) is 6.07 Å². The number of nitrogens with one attached hydrogen (secondary N) is 1. The van der Waals surface area contributed by atoms with Crippen molar-refractivity contribution in [2.75, 3.05) is 6.61 Å². The van der Waals surface area contributed by atoms with E-state index in [-0.39, 0.29) is 17.9 Å². The van der Waals surface area contributed by atoms with Crippen LogP contribution in [0, 0.1) is 6.92 Å². The quantitative estimate of drug-likeness (QED) is 0.793. The summed E-state index contributed by atoms with van der Waals surface area (Å²) in [5, 5.41) is 13.3. The Kier molecular flexibility index (Phi) is 6.06. The predicted molar refractivity (Wildman–Crippen MR) is 91.4 cm³/mol. The summed E-state index contributed by atoms with van der Waals surface area (Å²) in [6.07, 6.45) is 0. The standard InChI is InChI=1S/C17H15Cl2NO4/c1-10-3-2-4-13(16(10)22)17(23)24-9-15(21)20-8-11-5-6-12(18)7-14(11)19/h2-7,22H,8-9H2,1H3,(H,20,21). The molecule has 0 heterocycles. The van der Waals surface area contributed by atoms with E-state index >= 15 is 0 Å². The van der Waals surface area contributed by atoms with Crippen LogP contribution in [-0.2, 0) is 16.1 Å². The van der Waals surface area contributed by atoms with Crippen LogP contribution in [-0.4, -0.2) is 23.6 Å². The summed E-state index contributed by atoms with van der Waals surface area (Å²) in [6, 6.07) is 9.64. The van der Waals surface area contributed by atoms with Gasteiger partial charge in [-0.3, -0.25) is 4.79 Å². The van der Waals surface area contributed by atoms with Gasteiger partial charge in [-0.05, 0) is 36.2 Å². The number of rotatable bonds is 5. The van der Waals surface area contributed by atoms with Crippen molar-refractivity contribution >= 4 is 35.1 Å². The molecule has 0 aliphatic rings. The molecule has 0 aromatic heterocycles. The first-order valence-corrected chi connectivity index (χ1v) is 7.80. The molecule has 0 fully saturated rings. The fraction of sp³-hybridized carbons (Fsp3) is 0.176. The molecule has 0 aliphatic heterocycles. The molecule has 2 N–H and O–H groups in total. The molecule has 5 nitrogen and oxygen atoms in total. The normalized spacial score (nSPS) is 10.3. The zero-order chi connectivity index (χ0) is 17.7. The molecule has 24 heavy (non-hydrogen) atoms. The van der Waals surface area contributed by atoms with Crippen LogP contribution < -0.4 is 5.32 Å². The second kappa shape index (κ2) is 8.04. The highest BCUT2D eigenvalue weighted by molar-refractivity contribution is 6.35. The van der Waals surface area contributed by atoms with E-state index in [1.807, 2.05) is 0 Å². The maximum absolute atomic E-state index is 11.9. The largest absolute Gasteiger partial charge is 0.507 e. The van der Waals surface area contributed by atoms with Crippen molar-refractivity contribution in [2.24, 2.45) is 0 Å². The molecule has 7 heteroatoms. The highest BCUT2D eigenvalue weighted by Crippen LogP contribution is 2.22. The molecule has 0 radical (unpaired) electrons. The van der Waals surface area contributed by atoms with Gasteiger partial charge in [-0.2, -0.15) is 0 Å². The van der Waals surface area contributed by atoms with E-state index in [1.54, 1.807) is 37.3 Å². The van der Waals surface area contributed by atoms with Gasteiger partial charge in [0.15, 0.2) is 6.61 Å². The van der Waals surface area contributed by atoms with Gasteiger partial charge < -0.3 is 15.2 Å². The van der Waals surface area contributed by atoms with E-state index in [0.29, 0.717) is 21.2 Å². The number of phenols is 1. The van der Waals surface area contributed by atoms with Crippen molar-refractivity contribution in [1.29, 1.82) is 0 Å². The SMILES string of the molecule is Cc1cccc(C(=O)OCC(=O)NCc2ccc(Cl)cc2Cl)c1O. The second-order valence-corrected chi connectivity index (χ2v) is 5.90. The van der Waals surface area contributed by atoms with Gasteiger partial charge in [-0.25, -0.2) is 4.79 Å².